The van der Waals surface area contributed by atoms with Crippen LogP contribution in [-0.4, -0.2) is 31.8 Å². The van der Waals surface area contributed by atoms with E-state index in [0.717, 1.165) is 44.5 Å². The summed E-state index contributed by atoms with van der Waals surface area (Å²) in [6.07, 6.45) is 4.31. The van der Waals surface area contributed by atoms with Crippen LogP contribution in [0, 0.1) is 0 Å². The molecule has 0 amide bonds. The van der Waals surface area contributed by atoms with Crippen molar-refractivity contribution in [2.45, 2.75) is 31.8 Å². The van der Waals surface area contributed by atoms with Gasteiger partial charge in [0, 0.05) is 18.8 Å². The first-order valence-corrected chi connectivity index (χ1v) is 6.98. The van der Waals surface area contributed by atoms with Crippen molar-refractivity contribution in [3.05, 3.63) is 29.3 Å². The van der Waals surface area contributed by atoms with Gasteiger partial charge in [-0.3, -0.25) is 0 Å². The fourth-order valence-electron chi connectivity index (χ4n) is 2.62. The summed E-state index contributed by atoms with van der Waals surface area (Å²) in [5, 5.41) is 3.28. The first-order valence-electron chi connectivity index (χ1n) is 6.98. The summed E-state index contributed by atoms with van der Waals surface area (Å²) < 4.78 is 10.9. The summed E-state index contributed by atoms with van der Waals surface area (Å²) in [4.78, 5) is 12.0. The molecule has 102 valence electrons. The molecule has 4 nitrogen and oxygen atoms in total. The molecule has 0 aromatic heterocycles. The lowest BCUT2D eigenvalue weighted by molar-refractivity contribution is -0.0300. The molecule has 1 atom stereocenters. The highest BCUT2D eigenvalue weighted by Gasteiger charge is 2.18. The van der Waals surface area contributed by atoms with Crippen molar-refractivity contribution >= 4 is 11.7 Å². The summed E-state index contributed by atoms with van der Waals surface area (Å²) in [7, 11) is 0. The third kappa shape index (κ3) is 2.89. The number of hydrogen-bond donors (Lipinski definition) is 1. The lowest BCUT2D eigenvalue weighted by Crippen LogP contribution is -2.25. The molecule has 1 aromatic rings. The number of fused-ring (bicyclic) bond motifs is 1. The summed E-state index contributed by atoms with van der Waals surface area (Å²) in [6.45, 7) is 2.10. The van der Waals surface area contributed by atoms with Gasteiger partial charge < -0.3 is 14.8 Å². The zero-order valence-electron chi connectivity index (χ0n) is 11.0. The van der Waals surface area contributed by atoms with Crippen molar-refractivity contribution in [3.8, 4) is 0 Å². The smallest absolute Gasteiger partial charge is 0.338 e. The van der Waals surface area contributed by atoms with Crippen LogP contribution < -0.4 is 5.32 Å². The normalized spacial score (nSPS) is 21.6. The Morgan fingerprint density at radius 3 is 3.21 bits per heavy atom. The van der Waals surface area contributed by atoms with Crippen molar-refractivity contribution in [2.75, 3.05) is 25.1 Å². The maximum Gasteiger partial charge on any atom is 0.338 e. The Kier molecular flexibility index (Phi) is 3.69. The van der Waals surface area contributed by atoms with Gasteiger partial charge in [0.25, 0.3) is 0 Å². The second-order valence-electron chi connectivity index (χ2n) is 5.14. The standard InChI is InChI=1S/C15H19NO3/c17-15(19-10-13-3-1-2-8-18-13)12-4-5-14-11(9-12)6-7-16-14/h4-5,9,13,16H,1-3,6-8,10H2. The van der Waals surface area contributed by atoms with E-state index in [1.165, 1.54) is 5.56 Å². The SMILES string of the molecule is O=C(OCC1CCCCO1)c1ccc2c(c1)CCN2. The van der Waals surface area contributed by atoms with Gasteiger partial charge in [-0.25, -0.2) is 4.79 Å². The lowest BCUT2D eigenvalue weighted by atomic mass is 10.1. The number of anilines is 1. The van der Waals surface area contributed by atoms with Crippen molar-refractivity contribution in [1.82, 2.24) is 0 Å². The van der Waals surface area contributed by atoms with Gasteiger partial charge in [-0.05, 0) is 49.4 Å². The van der Waals surface area contributed by atoms with Gasteiger partial charge in [0.15, 0.2) is 0 Å². The molecule has 3 rings (SSSR count). The fraction of sp³-hybridized carbons (Fsp3) is 0.533. The molecule has 0 radical (unpaired) electrons. The molecule has 0 spiro atoms. The third-order valence-corrected chi connectivity index (χ3v) is 3.73. The Labute approximate surface area is 113 Å². The van der Waals surface area contributed by atoms with E-state index in [1.54, 1.807) is 0 Å². The largest absolute Gasteiger partial charge is 0.459 e. The quantitative estimate of drug-likeness (QED) is 0.849. The Bertz CT molecular complexity index is 466. The number of esters is 1. The van der Waals surface area contributed by atoms with Crippen LogP contribution in [-0.2, 0) is 15.9 Å². The Morgan fingerprint density at radius 2 is 2.37 bits per heavy atom. The van der Waals surface area contributed by atoms with Gasteiger partial charge in [0.1, 0.15) is 6.61 Å². The van der Waals surface area contributed by atoms with E-state index in [9.17, 15) is 4.79 Å². The first-order chi connectivity index (χ1) is 9.33. The van der Waals surface area contributed by atoms with Crippen LogP contribution in [0.25, 0.3) is 0 Å². The minimum atomic E-state index is -0.246. The highest BCUT2D eigenvalue weighted by Crippen LogP contribution is 2.23. The van der Waals surface area contributed by atoms with Crippen LogP contribution in [0.15, 0.2) is 18.2 Å². The van der Waals surface area contributed by atoms with Gasteiger partial charge in [-0.1, -0.05) is 0 Å². The molecular weight excluding hydrogens is 242 g/mol. The molecule has 0 aliphatic carbocycles. The second kappa shape index (κ2) is 5.61. The van der Waals surface area contributed by atoms with Gasteiger partial charge in [-0.15, -0.1) is 0 Å². The number of benzene rings is 1. The van der Waals surface area contributed by atoms with E-state index in [-0.39, 0.29) is 12.1 Å². The van der Waals surface area contributed by atoms with Gasteiger partial charge >= 0.3 is 5.97 Å². The predicted molar refractivity (Wildman–Crippen MR) is 72.5 cm³/mol. The third-order valence-electron chi connectivity index (χ3n) is 3.73. The molecule has 1 saturated heterocycles. The lowest BCUT2D eigenvalue weighted by Gasteiger charge is -2.22. The molecule has 2 aliphatic rings. The van der Waals surface area contributed by atoms with E-state index in [1.807, 2.05) is 18.2 Å². The molecule has 0 bridgehead atoms. The summed E-state index contributed by atoms with van der Waals surface area (Å²) in [5.74, 6) is -0.246. The molecule has 1 fully saturated rings. The number of carbonyl (C=O) groups excluding carboxylic acids is 1. The first kappa shape index (κ1) is 12.5. The van der Waals surface area contributed by atoms with E-state index in [2.05, 4.69) is 5.32 Å². The number of ether oxygens (including phenoxy) is 2. The van der Waals surface area contributed by atoms with E-state index < -0.39 is 0 Å². The molecule has 4 heteroatoms. The van der Waals surface area contributed by atoms with Gasteiger partial charge in [0.2, 0.25) is 0 Å². The molecule has 2 aliphatic heterocycles. The molecule has 19 heavy (non-hydrogen) atoms. The Hall–Kier alpha value is -1.55. The molecule has 2 heterocycles. The highest BCUT2D eigenvalue weighted by molar-refractivity contribution is 5.90. The van der Waals surface area contributed by atoms with Crippen LogP contribution >= 0.6 is 0 Å². The molecule has 1 unspecified atom stereocenters. The van der Waals surface area contributed by atoms with E-state index >= 15 is 0 Å². The van der Waals surface area contributed by atoms with Crippen molar-refractivity contribution in [3.63, 3.8) is 0 Å². The number of nitrogens with one attached hydrogen (secondary N) is 1. The maximum atomic E-state index is 12.0. The summed E-state index contributed by atoms with van der Waals surface area (Å²) in [5.41, 5.74) is 2.97. The topological polar surface area (TPSA) is 47.6 Å². The average Bonchev–Trinajstić information content (AvgIpc) is 2.93. The number of carbonyl (C=O) groups is 1. The minimum Gasteiger partial charge on any atom is -0.459 e. The summed E-state index contributed by atoms with van der Waals surface area (Å²) >= 11 is 0. The van der Waals surface area contributed by atoms with Crippen LogP contribution in [0.3, 0.4) is 0 Å². The van der Waals surface area contributed by atoms with Crippen LogP contribution in [0.4, 0.5) is 5.69 Å². The van der Waals surface area contributed by atoms with Crippen molar-refractivity contribution in [2.24, 2.45) is 0 Å². The van der Waals surface area contributed by atoms with Crippen molar-refractivity contribution < 1.29 is 14.3 Å². The fourth-order valence-corrected chi connectivity index (χ4v) is 2.62. The maximum absolute atomic E-state index is 12.0. The second-order valence-corrected chi connectivity index (χ2v) is 5.14. The summed E-state index contributed by atoms with van der Waals surface area (Å²) in [6, 6.07) is 5.71. The monoisotopic (exact) mass is 261 g/mol. The zero-order chi connectivity index (χ0) is 13.1. The number of rotatable bonds is 3. The van der Waals surface area contributed by atoms with Gasteiger partial charge in [0.05, 0.1) is 11.7 Å². The highest BCUT2D eigenvalue weighted by atomic mass is 16.6. The van der Waals surface area contributed by atoms with Crippen molar-refractivity contribution in [1.29, 1.82) is 0 Å². The zero-order valence-corrected chi connectivity index (χ0v) is 11.0. The Morgan fingerprint density at radius 1 is 1.42 bits per heavy atom. The van der Waals surface area contributed by atoms with E-state index in [4.69, 9.17) is 9.47 Å². The van der Waals surface area contributed by atoms with E-state index in [0.29, 0.717) is 12.2 Å². The average molecular weight is 261 g/mol. The molecule has 1 N–H and O–H groups in total. The molecule has 1 aromatic carbocycles. The Balaban J connectivity index is 1.57. The predicted octanol–water partition coefficient (Wildman–Crippen LogP) is 2.38. The van der Waals surface area contributed by atoms with Crippen LogP contribution in [0.1, 0.15) is 35.2 Å². The molecular formula is C15H19NO3. The minimum absolute atomic E-state index is 0.0776. The number of hydrogen-bond acceptors (Lipinski definition) is 4. The van der Waals surface area contributed by atoms with Crippen LogP contribution in [0.2, 0.25) is 0 Å². The van der Waals surface area contributed by atoms with Crippen LogP contribution in [0.5, 0.6) is 0 Å². The van der Waals surface area contributed by atoms with Gasteiger partial charge in [-0.2, -0.15) is 0 Å². The molecule has 0 saturated carbocycles.